The highest BCUT2D eigenvalue weighted by molar-refractivity contribution is 9.10. The lowest BCUT2D eigenvalue weighted by Gasteiger charge is -2.02. The van der Waals surface area contributed by atoms with Gasteiger partial charge in [-0.25, -0.2) is 4.98 Å². The van der Waals surface area contributed by atoms with Crippen molar-refractivity contribution in [2.45, 2.75) is 19.4 Å². The van der Waals surface area contributed by atoms with Crippen molar-refractivity contribution >= 4 is 15.9 Å². The summed E-state index contributed by atoms with van der Waals surface area (Å²) in [5, 5.41) is 3.38. The number of ether oxygens (including phenoxy) is 1. The van der Waals surface area contributed by atoms with Gasteiger partial charge in [-0.15, -0.1) is 0 Å². The van der Waals surface area contributed by atoms with Crippen molar-refractivity contribution in [1.29, 1.82) is 0 Å². The van der Waals surface area contributed by atoms with Crippen LogP contribution in [0, 0.1) is 0 Å². The van der Waals surface area contributed by atoms with Crippen molar-refractivity contribution in [3.63, 3.8) is 0 Å². The Balaban J connectivity index is 1.80. The lowest BCUT2D eigenvalue weighted by atomic mass is 10.2. The van der Waals surface area contributed by atoms with E-state index in [4.69, 9.17) is 4.74 Å². The van der Waals surface area contributed by atoms with E-state index in [1.165, 1.54) is 0 Å². The van der Waals surface area contributed by atoms with Crippen molar-refractivity contribution < 1.29 is 4.74 Å². The highest BCUT2D eigenvalue weighted by Crippen LogP contribution is 2.21. The minimum atomic E-state index is 0.765. The van der Waals surface area contributed by atoms with Gasteiger partial charge in [0.15, 0.2) is 0 Å². The van der Waals surface area contributed by atoms with E-state index in [9.17, 15) is 0 Å². The minimum absolute atomic E-state index is 0.765. The molecule has 0 saturated carbocycles. The number of aromatic amines is 1. The van der Waals surface area contributed by atoms with Gasteiger partial charge in [0, 0.05) is 23.8 Å². The number of methoxy groups -OCH3 is 1. The molecule has 1 heterocycles. The number of H-pyrrole nitrogens is 1. The summed E-state index contributed by atoms with van der Waals surface area (Å²) in [6.07, 6.45) is 4.09. The summed E-state index contributed by atoms with van der Waals surface area (Å²) < 4.78 is 6.09. The van der Waals surface area contributed by atoms with Crippen LogP contribution in [0.5, 0.6) is 0 Å². The van der Waals surface area contributed by atoms with E-state index in [1.54, 1.807) is 7.11 Å². The fraction of sp³-hybridized carbons (Fsp3) is 0.400. The summed E-state index contributed by atoms with van der Waals surface area (Å²) in [7, 11) is 1.74. The van der Waals surface area contributed by atoms with Gasteiger partial charge >= 0.3 is 0 Å². The van der Waals surface area contributed by atoms with Gasteiger partial charge in [-0.2, -0.15) is 0 Å². The number of hydrogen-bond donors (Lipinski definition) is 2. The Morgan fingerprint density at radius 2 is 2.25 bits per heavy atom. The Kier molecular flexibility index (Phi) is 6.24. The monoisotopic (exact) mass is 337 g/mol. The number of halogens is 1. The normalized spacial score (nSPS) is 10.9. The van der Waals surface area contributed by atoms with Crippen molar-refractivity contribution in [2.75, 3.05) is 20.3 Å². The highest BCUT2D eigenvalue weighted by atomic mass is 79.9. The molecule has 108 valence electrons. The summed E-state index contributed by atoms with van der Waals surface area (Å²) in [5.41, 5.74) is 2.18. The summed E-state index contributed by atoms with van der Waals surface area (Å²) in [6.45, 7) is 2.58. The number of rotatable bonds is 8. The van der Waals surface area contributed by atoms with Crippen molar-refractivity contribution in [3.8, 4) is 11.3 Å². The van der Waals surface area contributed by atoms with E-state index < -0.39 is 0 Å². The van der Waals surface area contributed by atoms with Crippen LogP contribution in [0.25, 0.3) is 11.3 Å². The molecule has 0 unspecified atom stereocenters. The Hall–Kier alpha value is -1.17. The molecule has 0 saturated heterocycles. The van der Waals surface area contributed by atoms with E-state index in [-0.39, 0.29) is 0 Å². The van der Waals surface area contributed by atoms with E-state index in [1.807, 2.05) is 18.3 Å². The second-order valence-electron chi connectivity index (χ2n) is 4.63. The first kappa shape index (κ1) is 15.2. The predicted octanol–water partition coefficient (Wildman–Crippen LogP) is 3.36. The maximum Gasteiger partial charge on any atom is 0.120 e. The Morgan fingerprint density at radius 3 is 3.05 bits per heavy atom. The molecule has 0 aliphatic rings. The summed E-state index contributed by atoms with van der Waals surface area (Å²) in [5.74, 6) is 0.965. The Labute approximate surface area is 128 Å². The zero-order valence-corrected chi connectivity index (χ0v) is 13.2. The zero-order chi connectivity index (χ0) is 14.2. The Bertz CT molecular complexity index is 527. The molecule has 0 fully saturated rings. The van der Waals surface area contributed by atoms with Gasteiger partial charge < -0.3 is 15.0 Å². The van der Waals surface area contributed by atoms with Crippen LogP contribution in [-0.2, 0) is 11.3 Å². The van der Waals surface area contributed by atoms with E-state index in [0.717, 1.165) is 54.1 Å². The third kappa shape index (κ3) is 4.74. The third-order valence-electron chi connectivity index (χ3n) is 3.01. The third-order valence-corrected chi connectivity index (χ3v) is 3.50. The standard InChI is InChI=1S/C15H20BrN3O/c1-20-8-3-2-7-17-11-15-18-10-14(19-15)12-5-4-6-13(16)9-12/h4-6,9-10,17H,2-3,7-8,11H2,1H3,(H,18,19). The molecular formula is C15H20BrN3O. The molecular weight excluding hydrogens is 318 g/mol. The average Bonchev–Trinajstić information content (AvgIpc) is 2.91. The van der Waals surface area contributed by atoms with Gasteiger partial charge in [-0.1, -0.05) is 28.1 Å². The van der Waals surface area contributed by atoms with Crippen LogP contribution < -0.4 is 5.32 Å². The van der Waals surface area contributed by atoms with E-state index in [0.29, 0.717) is 0 Å². The van der Waals surface area contributed by atoms with Gasteiger partial charge in [0.2, 0.25) is 0 Å². The molecule has 2 aromatic rings. The van der Waals surface area contributed by atoms with Gasteiger partial charge in [-0.05, 0) is 31.5 Å². The molecule has 0 bridgehead atoms. The molecule has 0 spiro atoms. The summed E-state index contributed by atoms with van der Waals surface area (Å²) >= 11 is 3.48. The SMILES string of the molecule is COCCCCNCc1ncc(-c2cccc(Br)c2)[nH]1. The van der Waals surface area contributed by atoms with Gasteiger partial charge in [0.1, 0.15) is 5.82 Å². The Morgan fingerprint density at radius 1 is 1.35 bits per heavy atom. The fourth-order valence-corrected chi connectivity index (χ4v) is 2.36. The van der Waals surface area contributed by atoms with E-state index in [2.05, 4.69) is 43.3 Å². The first-order valence-corrected chi connectivity index (χ1v) is 7.58. The molecule has 2 N–H and O–H groups in total. The van der Waals surface area contributed by atoms with Crippen LogP contribution in [-0.4, -0.2) is 30.2 Å². The molecule has 2 rings (SSSR count). The van der Waals surface area contributed by atoms with Crippen LogP contribution >= 0.6 is 15.9 Å². The molecule has 0 aliphatic heterocycles. The molecule has 5 heteroatoms. The smallest absolute Gasteiger partial charge is 0.120 e. The summed E-state index contributed by atoms with van der Waals surface area (Å²) in [6, 6.07) is 8.19. The van der Waals surface area contributed by atoms with Crippen LogP contribution in [0.1, 0.15) is 18.7 Å². The molecule has 1 aromatic carbocycles. The number of hydrogen-bond acceptors (Lipinski definition) is 3. The first-order chi connectivity index (χ1) is 9.79. The molecule has 20 heavy (non-hydrogen) atoms. The number of imidazole rings is 1. The zero-order valence-electron chi connectivity index (χ0n) is 11.7. The second-order valence-corrected chi connectivity index (χ2v) is 5.55. The van der Waals surface area contributed by atoms with Crippen LogP contribution in [0.4, 0.5) is 0 Å². The first-order valence-electron chi connectivity index (χ1n) is 6.79. The molecule has 1 aromatic heterocycles. The van der Waals surface area contributed by atoms with Gasteiger partial charge in [0.05, 0.1) is 18.4 Å². The molecule has 0 amide bonds. The largest absolute Gasteiger partial charge is 0.385 e. The molecule has 0 aliphatic carbocycles. The number of aromatic nitrogens is 2. The number of unbranched alkanes of at least 4 members (excludes halogenated alkanes) is 1. The quantitative estimate of drug-likeness (QED) is 0.726. The number of benzene rings is 1. The maximum absolute atomic E-state index is 5.02. The van der Waals surface area contributed by atoms with E-state index >= 15 is 0 Å². The lowest BCUT2D eigenvalue weighted by Crippen LogP contribution is -2.16. The minimum Gasteiger partial charge on any atom is -0.385 e. The van der Waals surface area contributed by atoms with Gasteiger partial charge in [0.25, 0.3) is 0 Å². The molecule has 0 radical (unpaired) electrons. The van der Waals surface area contributed by atoms with Gasteiger partial charge in [-0.3, -0.25) is 0 Å². The van der Waals surface area contributed by atoms with Crippen LogP contribution in [0.2, 0.25) is 0 Å². The fourth-order valence-electron chi connectivity index (χ4n) is 1.96. The molecule has 4 nitrogen and oxygen atoms in total. The summed E-state index contributed by atoms with van der Waals surface area (Å²) in [4.78, 5) is 7.74. The second kappa shape index (κ2) is 8.19. The number of nitrogens with zero attached hydrogens (tertiary/aromatic N) is 1. The van der Waals surface area contributed by atoms with Crippen LogP contribution in [0.3, 0.4) is 0 Å². The number of nitrogens with one attached hydrogen (secondary N) is 2. The van der Waals surface area contributed by atoms with Crippen LogP contribution in [0.15, 0.2) is 34.9 Å². The average molecular weight is 338 g/mol. The topological polar surface area (TPSA) is 49.9 Å². The van der Waals surface area contributed by atoms with Crippen molar-refractivity contribution in [2.24, 2.45) is 0 Å². The maximum atomic E-state index is 5.02. The highest BCUT2D eigenvalue weighted by Gasteiger charge is 2.03. The lowest BCUT2D eigenvalue weighted by molar-refractivity contribution is 0.192. The van der Waals surface area contributed by atoms with Crippen molar-refractivity contribution in [1.82, 2.24) is 15.3 Å². The molecule has 0 atom stereocenters. The predicted molar refractivity (Wildman–Crippen MR) is 84.5 cm³/mol. The van der Waals surface area contributed by atoms with Crippen molar-refractivity contribution in [3.05, 3.63) is 40.8 Å².